The van der Waals surface area contributed by atoms with E-state index in [1.807, 2.05) is 48.5 Å². The molecule has 0 fully saturated rings. The molecule has 9 nitrogen and oxygen atoms in total. The predicted molar refractivity (Wildman–Crippen MR) is 108 cm³/mol. The Morgan fingerprint density at radius 3 is 2.67 bits per heavy atom. The number of ether oxygens (including phenoxy) is 3. The maximum Gasteiger partial charge on any atom is 0.235 e. The van der Waals surface area contributed by atoms with Crippen molar-refractivity contribution in [2.24, 2.45) is 0 Å². The van der Waals surface area contributed by atoms with Crippen molar-refractivity contribution < 1.29 is 18.7 Å². The van der Waals surface area contributed by atoms with Crippen molar-refractivity contribution in [3.05, 3.63) is 48.5 Å². The van der Waals surface area contributed by atoms with Gasteiger partial charge in [0.05, 0.1) is 7.11 Å². The van der Waals surface area contributed by atoms with Crippen LogP contribution >= 0.6 is 11.3 Å². The maximum absolute atomic E-state index is 5.52. The van der Waals surface area contributed by atoms with Gasteiger partial charge >= 0.3 is 0 Å². The van der Waals surface area contributed by atoms with Crippen LogP contribution in [0.5, 0.6) is 17.2 Å². The molecule has 1 aliphatic heterocycles. The van der Waals surface area contributed by atoms with E-state index < -0.39 is 0 Å². The van der Waals surface area contributed by atoms with E-state index in [1.54, 1.807) is 11.6 Å². The Labute approximate surface area is 173 Å². The zero-order valence-corrected chi connectivity index (χ0v) is 16.4. The minimum absolute atomic E-state index is 0.220. The van der Waals surface area contributed by atoms with Crippen molar-refractivity contribution in [1.82, 2.24) is 25.0 Å². The Bertz CT molecular complexity index is 1370. The average molecular weight is 419 g/mol. The van der Waals surface area contributed by atoms with Crippen LogP contribution in [0.15, 0.2) is 53.1 Å². The van der Waals surface area contributed by atoms with Gasteiger partial charge in [0.1, 0.15) is 11.4 Å². The summed E-state index contributed by atoms with van der Waals surface area (Å²) in [7, 11) is 1.63. The van der Waals surface area contributed by atoms with Gasteiger partial charge in [0.15, 0.2) is 28.1 Å². The molecule has 0 unspecified atom stereocenters. The second kappa shape index (κ2) is 6.56. The van der Waals surface area contributed by atoms with Gasteiger partial charge in [-0.2, -0.15) is 9.61 Å². The fourth-order valence-corrected chi connectivity index (χ4v) is 4.00. The quantitative estimate of drug-likeness (QED) is 0.433. The predicted octanol–water partition coefficient (Wildman–Crippen LogP) is 3.91. The van der Waals surface area contributed by atoms with E-state index in [9.17, 15) is 0 Å². The summed E-state index contributed by atoms with van der Waals surface area (Å²) in [4.78, 5) is 0.659. The minimum Gasteiger partial charge on any atom is -0.497 e. The third-order valence-corrected chi connectivity index (χ3v) is 5.65. The number of nitrogens with zero attached hydrogens (tertiary/aromatic N) is 5. The lowest BCUT2D eigenvalue weighted by Crippen LogP contribution is -1.93. The summed E-state index contributed by atoms with van der Waals surface area (Å²) in [5.41, 5.74) is 2.37. The molecular weight excluding hydrogens is 406 g/mol. The fraction of sp³-hybridized carbons (Fsp3) is 0.100. The van der Waals surface area contributed by atoms with Gasteiger partial charge in [0.2, 0.25) is 11.8 Å². The standard InChI is InChI=1S/C20H13N5O4S/c1-26-13-5-2-11(3-6-13)16-9-14(24-29-16)19-23-25-18(21-22-20(25)30-19)12-4-7-15-17(8-12)28-10-27-15/h2-9H,10H2,1H3. The molecule has 5 aromatic rings. The normalized spacial score (nSPS) is 12.6. The van der Waals surface area contributed by atoms with Crippen LogP contribution in [0.2, 0.25) is 0 Å². The lowest BCUT2D eigenvalue weighted by atomic mass is 10.1. The van der Waals surface area contributed by atoms with Gasteiger partial charge in [-0.05, 0) is 42.5 Å². The topological polar surface area (TPSA) is 96.8 Å². The molecule has 0 aliphatic carbocycles. The van der Waals surface area contributed by atoms with E-state index in [1.165, 1.54) is 11.3 Å². The van der Waals surface area contributed by atoms with Crippen molar-refractivity contribution in [3.8, 4) is 50.7 Å². The molecule has 0 radical (unpaired) electrons. The third kappa shape index (κ3) is 2.69. The molecule has 0 saturated carbocycles. The number of rotatable bonds is 4. The SMILES string of the molecule is COc1ccc(-c2cc(-c3nn4c(-c5ccc6c(c5)OCO6)nnc4s3)no2)cc1. The van der Waals surface area contributed by atoms with Crippen molar-refractivity contribution in [2.45, 2.75) is 0 Å². The molecule has 148 valence electrons. The van der Waals surface area contributed by atoms with Gasteiger partial charge in [0.25, 0.3) is 0 Å². The molecule has 2 aromatic carbocycles. The molecule has 4 heterocycles. The summed E-state index contributed by atoms with van der Waals surface area (Å²) in [6.07, 6.45) is 0. The van der Waals surface area contributed by atoms with Crippen molar-refractivity contribution >= 4 is 16.3 Å². The highest BCUT2D eigenvalue weighted by molar-refractivity contribution is 7.19. The number of aromatic nitrogens is 5. The molecular formula is C20H13N5O4S. The monoisotopic (exact) mass is 419 g/mol. The van der Waals surface area contributed by atoms with Gasteiger partial charge in [-0.25, -0.2) is 0 Å². The van der Waals surface area contributed by atoms with Gasteiger partial charge in [-0.15, -0.1) is 10.2 Å². The van der Waals surface area contributed by atoms with Gasteiger partial charge in [-0.1, -0.05) is 16.5 Å². The summed E-state index contributed by atoms with van der Waals surface area (Å²) >= 11 is 1.39. The number of fused-ring (bicyclic) bond motifs is 2. The smallest absolute Gasteiger partial charge is 0.235 e. The van der Waals surface area contributed by atoms with Crippen LogP contribution < -0.4 is 14.2 Å². The van der Waals surface area contributed by atoms with Gasteiger partial charge < -0.3 is 18.7 Å². The van der Waals surface area contributed by atoms with Crippen molar-refractivity contribution in [3.63, 3.8) is 0 Å². The Hall–Kier alpha value is -3.92. The summed E-state index contributed by atoms with van der Waals surface area (Å²) in [6.45, 7) is 0.220. The first-order valence-electron chi connectivity index (χ1n) is 9.02. The molecule has 0 N–H and O–H groups in total. The highest BCUT2D eigenvalue weighted by Gasteiger charge is 2.20. The minimum atomic E-state index is 0.220. The maximum atomic E-state index is 5.52. The first-order valence-corrected chi connectivity index (χ1v) is 9.84. The second-order valence-electron chi connectivity index (χ2n) is 6.50. The lowest BCUT2D eigenvalue weighted by molar-refractivity contribution is 0.174. The van der Waals surface area contributed by atoms with Crippen LogP contribution in [0.4, 0.5) is 0 Å². The molecule has 0 spiro atoms. The average Bonchev–Trinajstić information content (AvgIpc) is 3.56. The second-order valence-corrected chi connectivity index (χ2v) is 7.45. The van der Waals surface area contributed by atoms with Crippen molar-refractivity contribution in [1.29, 1.82) is 0 Å². The molecule has 0 saturated heterocycles. The highest BCUT2D eigenvalue weighted by Crippen LogP contribution is 2.36. The summed E-state index contributed by atoms with van der Waals surface area (Å²) in [5, 5.41) is 18.0. The Morgan fingerprint density at radius 1 is 0.967 bits per heavy atom. The van der Waals surface area contributed by atoms with Gasteiger partial charge in [-0.3, -0.25) is 0 Å². The van der Waals surface area contributed by atoms with E-state index in [2.05, 4.69) is 20.5 Å². The van der Waals surface area contributed by atoms with Crippen molar-refractivity contribution in [2.75, 3.05) is 13.9 Å². The molecule has 10 heteroatoms. The van der Waals surface area contributed by atoms with E-state index in [0.717, 1.165) is 16.9 Å². The van der Waals surface area contributed by atoms with E-state index in [4.69, 9.17) is 18.7 Å². The molecule has 30 heavy (non-hydrogen) atoms. The van der Waals surface area contributed by atoms with Crippen LogP contribution in [0.25, 0.3) is 38.4 Å². The zero-order chi connectivity index (χ0) is 20.1. The van der Waals surface area contributed by atoms with Crippen LogP contribution in [-0.2, 0) is 0 Å². The summed E-state index contributed by atoms with van der Waals surface area (Å²) < 4.78 is 23.2. The number of benzene rings is 2. The largest absolute Gasteiger partial charge is 0.497 e. The van der Waals surface area contributed by atoms with Crippen LogP contribution in [0.3, 0.4) is 0 Å². The summed E-state index contributed by atoms with van der Waals surface area (Å²) in [5.74, 6) is 3.44. The van der Waals surface area contributed by atoms with Crippen LogP contribution in [0, 0.1) is 0 Å². The third-order valence-electron chi connectivity index (χ3n) is 4.73. The van der Waals surface area contributed by atoms with Gasteiger partial charge in [0, 0.05) is 17.2 Å². The fourth-order valence-electron chi connectivity index (χ4n) is 3.20. The Morgan fingerprint density at radius 2 is 1.80 bits per heavy atom. The molecule has 1 aliphatic rings. The van der Waals surface area contributed by atoms with Crippen LogP contribution in [-0.4, -0.2) is 38.9 Å². The molecule has 0 atom stereocenters. The highest BCUT2D eigenvalue weighted by atomic mass is 32.1. The van der Waals surface area contributed by atoms with E-state index >= 15 is 0 Å². The number of hydrogen-bond acceptors (Lipinski definition) is 9. The zero-order valence-electron chi connectivity index (χ0n) is 15.6. The van der Waals surface area contributed by atoms with E-state index in [-0.39, 0.29) is 6.79 Å². The first-order chi connectivity index (χ1) is 14.8. The number of hydrogen-bond donors (Lipinski definition) is 0. The molecule has 0 bridgehead atoms. The first kappa shape index (κ1) is 17.0. The molecule has 6 rings (SSSR count). The lowest BCUT2D eigenvalue weighted by Gasteiger charge is -1.99. The summed E-state index contributed by atoms with van der Waals surface area (Å²) in [6, 6.07) is 15.1. The molecule has 0 amide bonds. The van der Waals surface area contributed by atoms with Crippen LogP contribution in [0.1, 0.15) is 0 Å². The number of methoxy groups -OCH3 is 1. The Balaban J connectivity index is 1.35. The molecule has 3 aromatic heterocycles. The Kier molecular flexibility index (Phi) is 3.71. The van der Waals surface area contributed by atoms with E-state index in [0.29, 0.717) is 38.7 Å².